The zero-order valence-corrected chi connectivity index (χ0v) is 12.7. The Kier molecular flexibility index (Phi) is 5.32. The second-order valence-corrected chi connectivity index (χ2v) is 7.75. The maximum Gasteiger partial charge on any atom is 0.338 e. The molecule has 104 valence electrons. The molecule has 3 heteroatoms. The van der Waals surface area contributed by atoms with Gasteiger partial charge in [0.05, 0.1) is 18.1 Å². The van der Waals surface area contributed by atoms with Crippen molar-refractivity contribution >= 4 is 16.9 Å². The van der Waals surface area contributed by atoms with Crippen LogP contribution >= 0.6 is 0 Å². The van der Waals surface area contributed by atoms with Crippen LogP contribution in [0.5, 0.6) is 0 Å². The van der Waals surface area contributed by atoms with Gasteiger partial charge in [-0.15, -0.1) is 0 Å². The Bertz CT molecular complexity index is 405. The fourth-order valence-electron chi connectivity index (χ4n) is 2.47. The van der Waals surface area contributed by atoms with Crippen LogP contribution in [0.1, 0.15) is 48.0 Å². The van der Waals surface area contributed by atoms with Crippen LogP contribution in [-0.4, -0.2) is 24.6 Å². The first-order valence-corrected chi connectivity index (χ1v) is 9.20. The number of benzene rings is 1. The Labute approximate surface area is 118 Å². The predicted molar refractivity (Wildman–Crippen MR) is 81.6 cm³/mol. The van der Waals surface area contributed by atoms with Crippen molar-refractivity contribution in [1.29, 1.82) is 0 Å². The number of rotatable bonds is 4. The van der Waals surface area contributed by atoms with Crippen LogP contribution in [-0.2, 0) is 21.4 Å². The number of carbonyl (C=O) groups excluding carboxylic acids is 1. The molecule has 1 saturated carbocycles. The van der Waals surface area contributed by atoms with E-state index in [2.05, 4.69) is 12.5 Å². The van der Waals surface area contributed by atoms with Gasteiger partial charge >= 0.3 is 5.97 Å². The topological polar surface area (TPSA) is 26.3 Å². The molecule has 0 spiro atoms. The van der Waals surface area contributed by atoms with Crippen LogP contribution in [0.3, 0.4) is 0 Å². The second-order valence-electron chi connectivity index (χ2n) is 5.49. The molecule has 2 rings (SSSR count). The van der Waals surface area contributed by atoms with Gasteiger partial charge in [-0.3, -0.25) is 0 Å². The van der Waals surface area contributed by atoms with Crippen molar-refractivity contribution in [3.05, 3.63) is 35.4 Å². The van der Waals surface area contributed by atoms with Gasteiger partial charge in [0.2, 0.25) is 0 Å². The summed E-state index contributed by atoms with van der Waals surface area (Å²) in [6.45, 7) is 0. The molecule has 0 aliphatic heterocycles. The molecule has 2 nitrogen and oxygen atoms in total. The lowest BCUT2D eigenvalue weighted by Crippen LogP contribution is -2.20. The predicted octanol–water partition coefficient (Wildman–Crippen LogP) is 3.55. The molecule has 1 aliphatic rings. The normalized spacial score (nSPS) is 16.6. The molecule has 1 aromatic rings. The molecule has 1 fully saturated rings. The van der Waals surface area contributed by atoms with Crippen LogP contribution < -0.4 is 0 Å². The fraction of sp³-hybridized carbons (Fsp3) is 0.562. The van der Waals surface area contributed by atoms with Gasteiger partial charge in [0.1, 0.15) is 11.9 Å². The largest absolute Gasteiger partial charge is 0.459 e. The van der Waals surface area contributed by atoms with E-state index in [1.54, 1.807) is 0 Å². The minimum absolute atomic E-state index is 0.137. The third kappa shape index (κ3) is 4.57. The van der Waals surface area contributed by atoms with Gasteiger partial charge in [-0.25, -0.2) is 4.79 Å². The summed E-state index contributed by atoms with van der Waals surface area (Å²) in [6, 6.07) is 7.88. The number of esters is 1. The summed E-state index contributed by atoms with van der Waals surface area (Å²) in [7, 11) is 0.394. The summed E-state index contributed by atoms with van der Waals surface area (Å²) >= 11 is 0. The average Bonchev–Trinajstić information content (AvgIpc) is 2.40. The van der Waals surface area contributed by atoms with Gasteiger partial charge in [-0.05, 0) is 48.7 Å². The number of ether oxygens (including phenoxy) is 1. The first-order valence-electron chi connectivity index (χ1n) is 6.99. The molecule has 0 N–H and O–H groups in total. The monoisotopic (exact) mass is 279 g/mol. The Morgan fingerprint density at radius 2 is 1.79 bits per heavy atom. The fourth-order valence-corrected chi connectivity index (χ4v) is 3.33. The van der Waals surface area contributed by atoms with Crippen molar-refractivity contribution in [3.8, 4) is 0 Å². The number of carbonyl (C=O) groups is 1. The first kappa shape index (κ1) is 14.4. The van der Waals surface area contributed by atoms with E-state index in [-0.39, 0.29) is 12.1 Å². The summed E-state index contributed by atoms with van der Waals surface area (Å²) < 4.78 is 5.56. The molecule has 0 unspecified atom stereocenters. The highest BCUT2D eigenvalue weighted by molar-refractivity contribution is 7.94. The van der Waals surface area contributed by atoms with E-state index >= 15 is 0 Å². The molecule has 0 radical (unpaired) electrons. The minimum atomic E-state index is -0.162. The van der Waals surface area contributed by atoms with Crippen molar-refractivity contribution in [2.45, 2.75) is 44.0 Å². The van der Waals surface area contributed by atoms with Gasteiger partial charge in [-0.2, -0.15) is 0 Å². The lowest BCUT2D eigenvalue weighted by atomic mass is 9.98. The highest BCUT2D eigenvalue weighted by Crippen LogP contribution is 2.21. The lowest BCUT2D eigenvalue weighted by Gasteiger charge is -2.21. The molecular weight excluding hydrogens is 256 g/mol. The molecule has 0 amide bonds. The zero-order chi connectivity index (χ0) is 13.7. The molecule has 19 heavy (non-hydrogen) atoms. The van der Waals surface area contributed by atoms with Gasteiger partial charge in [0.25, 0.3) is 0 Å². The Morgan fingerprint density at radius 1 is 1.16 bits per heavy atom. The van der Waals surface area contributed by atoms with Gasteiger partial charge in [0.15, 0.2) is 0 Å². The molecule has 0 heterocycles. The zero-order valence-electron chi connectivity index (χ0n) is 11.9. The Balaban J connectivity index is 1.91. The third-order valence-electron chi connectivity index (χ3n) is 3.47. The molecule has 0 atom stereocenters. The molecule has 0 bridgehead atoms. The summed E-state index contributed by atoms with van der Waals surface area (Å²) in [5.41, 5.74) is 1.98. The highest BCUT2D eigenvalue weighted by atomic mass is 32.2. The van der Waals surface area contributed by atoms with Crippen molar-refractivity contribution in [1.82, 2.24) is 0 Å². The van der Waals surface area contributed by atoms with Gasteiger partial charge in [0, 0.05) is 5.56 Å². The summed E-state index contributed by atoms with van der Waals surface area (Å²) in [5, 5.41) is 0. The first-order chi connectivity index (χ1) is 9.15. The van der Waals surface area contributed by atoms with Crippen LogP contribution in [0.2, 0.25) is 0 Å². The summed E-state index contributed by atoms with van der Waals surface area (Å²) in [6.07, 6.45) is 10.3. The molecule has 1 aliphatic carbocycles. The van der Waals surface area contributed by atoms with Crippen LogP contribution in [0.25, 0.3) is 0 Å². The average molecular weight is 279 g/mol. The van der Waals surface area contributed by atoms with Crippen LogP contribution in [0, 0.1) is 0 Å². The molecule has 0 aromatic heterocycles. The second kappa shape index (κ2) is 6.99. The van der Waals surface area contributed by atoms with Crippen molar-refractivity contribution in [3.63, 3.8) is 0 Å². The van der Waals surface area contributed by atoms with E-state index in [0.717, 1.165) is 18.6 Å². The maximum atomic E-state index is 12.0. The van der Waals surface area contributed by atoms with Crippen LogP contribution in [0.4, 0.5) is 0 Å². The van der Waals surface area contributed by atoms with Crippen LogP contribution in [0.15, 0.2) is 24.3 Å². The highest BCUT2D eigenvalue weighted by Gasteiger charge is 2.18. The smallest absolute Gasteiger partial charge is 0.338 e. The standard InChI is InChI=1S/C16H23O2S/c1-19(2)12-13-8-10-14(11-9-13)16(17)18-15-6-4-3-5-7-15/h8-11,15H,3-7,12H2,1-2H3/q+1. The third-order valence-corrected chi connectivity index (χ3v) is 4.38. The molecule has 1 aromatic carbocycles. The van der Waals surface area contributed by atoms with Gasteiger partial charge in [-0.1, -0.05) is 18.6 Å². The van der Waals surface area contributed by atoms with E-state index in [1.165, 1.54) is 24.8 Å². The maximum absolute atomic E-state index is 12.0. The van der Waals surface area contributed by atoms with Crippen molar-refractivity contribution in [2.75, 3.05) is 12.5 Å². The molecular formula is C16H23O2S+. The minimum Gasteiger partial charge on any atom is -0.459 e. The van der Waals surface area contributed by atoms with Crippen molar-refractivity contribution in [2.24, 2.45) is 0 Å². The molecule has 0 saturated heterocycles. The number of hydrogen-bond donors (Lipinski definition) is 0. The quantitative estimate of drug-likeness (QED) is 0.622. The Morgan fingerprint density at radius 3 is 2.37 bits per heavy atom. The number of hydrogen-bond acceptors (Lipinski definition) is 2. The SMILES string of the molecule is C[S+](C)Cc1ccc(C(=O)OC2CCCCC2)cc1. The van der Waals surface area contributed by atoms with E-state index in [1.807, 2.05) is 24.3 Å². The van der Waals surface area contributed by atoms with E-state index in [4.69, 9.17) is 4.74 Å². The summed E-state index contributed by atoms with van der Waals surface area (Å²) in [4.78, 5) is 12.0. The van der Waals surface area contributed by atoms with Gasteiger partial charge < -0.3 is 4.74 Å². The van der Waals surface area contributed by atoms with E-state index < -0.39 is 0 Å². The summed E-state index contributed by atoms with van der Waals surface area (Å²) in [5.74, 6) is 0.920. The van der Waals surface area contributed by atoms with E-state index in [9.17, 15) is 4.79 Å². The van der Waals surface area contributed by atoms with E-state index in [0.29, 0.717) is 16.5 Å². The van der Waals surface area contributed by atoms with Crippen molar-refractivity contribution < 1.29 is 9.53 Å². The lowest BCUT2D eigenvalue weighted by molar-refractivity contribution is 0.0211. The Hall–Kier alpha value is -0.960.